The van der Waals surface area contributed by atoms with Gasteiger partial charge in [-0.15, -0.1) is 5.10 Å². The summed E-state index contributed by atoms with van der Waals surface area (Å²) < 4.78 is 11.3. The minimum atomic E-state index is 0.319. The highest BCUT2D eigenvalue weighted by Crippen LogP contribution is 2.30. The van der Waals surface area contributed by atoms with E-state index < -0.39 is 0 Å². The monoisotopic (exact) mass is 374 g/mol. The summed E-state index contributed by atoms with van der Waals surface area (Å²) in [5.74, 6) is 0.503. The molecular formula is C13H16BrClN4O2. The number of hydrogen-bond donors (Lipinski definition) is 2. The molecule has 0 bridgehead atoms. The summed E-state index contributed by atoms with van der Waals surface area (Å²) in [4.78, 5) is 0. The summed E-state index contributed by atoms with van der Waals surface area (Å²) in [7, 11) is 1.65. The number of nitrogens with one attached hydrogen (secondary N) is 2. The molecule has 0 spiro atoms. The van der Waals surface area contributed by atoms with Crippen molar-refractivity contribution in [3.8, 4) is 0 Å². The molecule has 2 aromatic rings. The van der Waals surface area contributed by atoms with E-state index in [4.69, 9.17) is 20.8 Å². The van der Waals surface area contributed by atoms with Gasteiger partial charge in [-0.2, -0.15) is 0 Å². The van der Waals surface area contributed by atoms with E-state index in [1.54, 1.807) is 7.11 Å². The van der Waals surface area contributed by atoms with E-state index in [1.807, 2.05) is 19.1 Å². The van der Waals surface area contributed by atoms with Crippen LogP contribution in [0.15, 0.2) is 21.0 Å². The molecule has 0 atom stereocenters. The van der Waals surface area contributed by atoms with Crippen LogP contribution >= 0.6 is 27.5 Å². The van der Waals surface area contributed by atoms with Crippen molar-refractivity contribution in [3.05, 3.63) is 33.1 Å². The fourth-order valence-corrected chi connectivity index (χ4v) is 2.32. The second-order valence-corrected chi connectivity index (χ2v) is 5.64. The van der Waals surface area contributed by atoms with E-state index in [9.17, 15) is 0 Å². The van der Waals surface area contributed by atoms with Gasteiger partial charge >= 0.3 is 6.01 Å². The van der Waals surface area contributed by atoms with E-state index in [2.05, 4.69) is 36.8 Å². The van der Waals surface area contributed by atoms with Crippen LogP contribution in [0, 0.1) is 6.92 Å². The highest BCUT2D eigenvalue weighted by molar-refractivity contribution is 9.10. The van der Waals surface area contributed by atoms with Gasteiger partial charge in [-0.05, 0) is 40.5 Å². The van der Waals surface area contributed by atoms with Crippen LogP contribution in [-0.2, 0) is 11.3 Å². The van der Waals surface area contributed by atoms with Crippen molar-refractivity contribution in [1.29, 1.82) is 0 Å². The van der Waals surface area contributed by atoms with E-state index in [0.29, 0.717) is 30.1 Å². The zero-order chi connectivity index (χ0) is 15.2. The van der Waals surface area contributed by atoms with E-state index in [-0.39, 0.29) is 0 Å². The molecule has 114 valence electrons. The molecule has 1 aromatic heterocycles. The summed E-state index contributed by atoms with van der Waals surface area (Å²) >= 11 is 9.57. The third kappa shape index (κ3) is 4.67. The van der Waals surface area contributed by atoms with Gasteiger partial charge in [0.05, 0.1) is 18.8 Å². The van der Waals surface area contributed by atoms with Crippen molar-refractivity contribution in [2.45, 2.75) is 13.5 Å². The summed E-state index contributed by atoms with van der Waals surface area (Å²) in [6, 6.07) is 4.05. The van der Waals surface area contributed by atoms with Crippen molar-refractivity contribution < 1.29 is 9.15 Å². The number of nitrogens with zero attached hydrogens (tertiary/aromatic N) is 2. The topological polar surface area (TPSA) is 72.2 Å². The number of methoxy groups -OCH3 is 1. The van der Waals surface area contributed by atoms with Crippen molar-refractivity contribution in [2.75, 3.05) is 25.6 Å². The molecular weight excluding hydrogens is 360 g/mol. The van der Waals surface area contributed by atoms with Gasteiger partial charge < -0.3 is 19.8 Å². The third-order valence-corrected chi connectivity index (χ3v) is 3.78. The molecule has 0 saturated heterocycles. The van der Waals surface area contributed by atoms with Crippen LogP contribution in [0.4, 0.5) is 11.7 Å². The Labute approximate surface area is 136 Å². The summed E-state index contributed by atoms with van der Waals surface area (Å²) in [6.07, 6.45) is 0. The fourth-order valence-electron chi connectivity index (χ4n) is 1.60. The van der Waals surface area contributed by atoms with Crippen LogP contribution in [0.1, 0.15) is 11.5 Å². The Balaban J connectivity index is 1.97. The Morgan fingerprint density at radius 2 is 2.19 bits per heavy atom. The quantitative estimate of drug-likeness (QED) is 0.724. The van der Waals surface area contributed by atoms with Gasteiger partial charge in [0.15, 0.2) is 0 Å². The Kier molecular flexibility index (Phi) is 5.98. The highest BCUT2D eigenvalue weighted by atomic mass is 79.9. The molecule has 0 amide bonds. The number of aryl methyl sites for hydroxylation is 1. The first kappa shape index (κ1) is 16.2. The van der Waals surface area contributed by atoms with Gasteiger partial charge in [0.25, 0.3) is 0 Å². The Morgan fingerprint density at radius 3 is 2.95 bits per heavy atom. The third-order valence-electron chi connectivity index (χ3n) is 2.72. The lowest BCUT2D eigenvalue weighted by atomic mass is 10.2. The van der Waals surface area contributed by atoms with Gasteiger partial charge in [-0.1, -0.05) is 16.7 Å². The van der Waals surface area contributed by atoms with Crippen molar-refractivity contribution in [1.82, 2.24) is 15.5 Å². The maximum atomic E-state index is 6.11. The lowest BCUT2D eigenvalue weighted by molar-refractivity contribution is 0.198. The fraction of sp³-hybridized carbons (Fsp3) is 0.385. The van der Waals surface area contributed by atoms with E-state index >= 15 is 0 Å². The van der Waals surface area contributed by atoms with Gasteiger partial charge in [0.2, 0.25) is 5.89 Å². The molecule has 8 heteroatoms. The molecule has 2 rings (SSSR count). The van der Waals surface area contributed by atoms with Crippen LogP contribution in [0.25, 0.3) is 0 Å². The second kappa shape index (κ2) is 7.74. The molecule has 0 aliphatic heterocycles. The highest BCUT2D eigenvalue weighted by Gasteiger charge is 2.09. The average molecular weight is 376 g/mol. The molecule has 0 fully saturated rings. The number of benzene rings is 1. The molecule has 2 N–H and O–H groups in total. The molecule has 0 unspecified atom stereocenters. The average Bonchev–Trinajstić information content (AvgIpc) is 2.89. The van der Waals surface area contributed by atoms with Crippen LogP contribution in [0.2, 0.25) is 5.02 Å². The maximum Gasteiger partial charge on any atom is 0.320 e. The normalized spacial score (nSPS) is 10.9. The first-order chi connectivity index (χ1) is 10.1. The molecule has 0 radical (unpaired) electrons. The van der Waals surface area contributed by atoms with Crippen molar-refractivity contribution in [3.63, 3.8) is 0 Å². The maximum absolute atomic E-state index is 6.11. The smallest absolute Gasteiger partial charge is 0.320 e. The Bertz CT molecular complexity index is 606. The van der Waals surface area contributed by atoms with Gasteiger partial charge in [0.1, 0.15) is 0 Å². The first-order valence-corrected chi connectivity index (χ1v) is 7.52. The van der Waals surface area contributed by atoms with Crippen molar-refractivity contribution in [2.24, 2.45) is 0 Å². The van der Waals surface area contributed by atoms with Crippen LogP contribution in [-0.4, -0.2) is 30.5 Å². The molecule has 1 aromatic carbocycles. The summed E-state index contributed by atoms with van der Waals surface area (Å²) in [6.45, 7) is 3.79. The predicted molar refractivity (Wildman–Crippen MR) is 85.1 cm³/mol. The molecule has 0 saturated carbocycles. The summed E-state index contributed by atoms with van der Waals surface area (Å²) in [5.41, 5.74) is 1.76. The van der Waals surface area contributed by atoms with Gasteiger partial charge in [0, 0.05) is 23.1 Å². The molecule has 6 nitrogen and oxygen atoms in total. The largest absolute Gasteiger partial charge is 0.406 e. The number of hydrogen-bond acceptors (Lipinski definition) is 6. The molecule has 0 aliphatic carbocycles. The first-order valence-electron chi connectivity index (χ1n) is 6.35. The molecule has 0 aliphatic rings. The number of halogens is 2. The number of rotatable bonds is 7. The molecule has 1 heterocycles. The van der Waals surface area contributed by atoms with E-state index in [1.165, 1.54) is 0 Å². The zero-order valence-corrected chi connectivity index (χ0v) is 14.1. The molecule has 21 heavy (non-hydrogen) atoms. The number of anilines is 2. The minimum absolute atomic E-state index is 0.319. The second-order valence-electron chi connectivity index (χ2n) is 4.38. The van der Waals surface area contributed by atoms with Gasteiger partial charge in [-0.25, -0.2) is 0 Å². The minimum Gasteiger partial charge on any atom is -0.406 e. The van der Waals surface area contributed by atoms with Gasteiger partial charge in [-0.3, -0.25) is 0 Å². The predicted octanol–water partition coefficient (Wildman–Crippen LogP) is 3.27. The SMILES string of the molecule is COCCNCc1nnc(Nc2cc(Cl)c(C)cc2Br)o1. The number of ether oxygens (including phenoxy) is 1. The van der Waals surface area contributed by atoms with Crippen molar-refractivity contribution >= 4 is 39.2 Å². The standard InChI is InChI=1S/C13H16BrClN4O2/c1-8-5-9(14)11(6-10(8)15)17-13-19-18-12(21-13)7-16-3-4-20-2/h5-6,16H,3-4,7H2,1-2H3,(H,17,19). The van der Waals surface area contributed by atoms with E-state index in [0.717, 1.165) is 22.3 Å². The zero-order valence-electron chi connectivity index (χ0n) is 11.7. The number of aromatic nitrogens is 2. The van der Waals surface area contributed by atoms with Crippen LogP contribution < -0.4 is 10.6 Å². The Hall–Kier alpha value is -1.15. The Morgan fingerprint density at radius 1 is 1.38 bits per heavy atom. The lowest BCUT2D eigenvalue weighted by Gasteiger charge is -2.07. The lowest BCUT2D eigenvalue weighted by Crippen LogP contribution is -2.18. The van der Waals surface area contributed by atoms with Crippen LogP contribution in [0.3, 0.4) is 0 Å². The van der Waals surface area contributed by atoms with Crippen LogP contribution in [0.5, 0.6) is 0 Å². The summed E-state index contributed by atoms with van der Waals surface area (Å²) in [5, 5.41) is 14.7.